The Labute approximate surface area is 101 Å². The molecule has 0 atom stereocenters. The number of nitrogens with zero attached hydrogens (tertiary/aromatic N) is 3. The predicted molar refractivity (Wildman–Crippen MR) is 43.2 cm³/mol. The fraction of sp³-hybridized carbons (Fsp3) is 1.00. The van der Waals surface area contributed by atoms with Crippen LogP contribution in [0.4, 0.5) is 0 Å². The van der Waals surface area contributed by atoms with Crippen molar-refractivity contribution in [1.82, 2.24) is 19.9 Å². The summed E-state index contributed by atoms with van der Waals surface area (Å²) >= 11 is 5.43. The summed E-state index contributed by atoms with van der Waals surface area (Å²) in [6.07, 6.45) is 0. The first-order chi connectivity index (χ1) is 5.26. The van der Waals surface area contributed by atoms with Crippen molar-refractivity contribution in [3.63, 3.8) is 0 Å². The van der Waals surface area contributed by atoms with Gasteiger partial charge in [-0.15, -0.1) is 0 Å². The molecule has 1 aliphatic rings. The largest absolute Gasteiger partial charge is 1.00 e. The summed E-state index contributed by atoms with van der Waals surface area (Å²) < 4.78 is 0. The van der Waals surface area contributed by atoms with E-state index in [4.69, 9.17) is 16.6 Å². The van der Waals surface area contributed by atoms with Crippen LogP contribution in [0.3, 0.4) is 0 Å². The summed E-state index contributed by atoms with van der Waals surface area (Å²) in [5.41, 5.74) is 0. The molecule has 0 aromatic carbocycles. The van der Waals surface area contributed by atoms with E-state index < -0.39 is 0 Å². The van der Waals surface area contributed by atoms with Crippen LogP contribution in [0.5, 0.6) is 0 Å². The summed E-state index contributed by atoms with van der Waals surface area (Å²) in [7, 11) is 3.64. The smallest absolute Gasteiger partial charge is 1.00 e. The molecule has 0 aromatic heterocycles. The van der Waals surface area contributed by atoms with Crippen LogP contribution in [0.25, 0.3) is 0 Å². The quantitative estimate of drug-likeness (QED) is 0.377. The minimum atomic E-state index is 0. The van der Waals surface area contributed by atoms with Gasteiger partial charge in [0, 0.05) is 0 Å². The Morgan fingerprint density at radius 1 is 1.42 bits per heavy atom. The topological polar surface area (TPSA) is 31.0 Å². The molecule has 0 aromatic rings. The van der Waals surface area contributed by atoms with E-state index in [-0.39, 0.29) is 31.0 Å². The molecule has 5 nitrogen and oxygen atoms in total. The molecule has 7 heteroatoms. The van der Waals surface area contributed by atoms with E-state index in [9.17, 15) is 0 Å². The van der Waals surface area contributed by atoms with Crippen molar-refractivity contribution in [1.29, 1.82) is 0 Å². The Kier molecular flexibility index (Phi) is 7.12. The number of halogens is 1. The van der Waals surface area contributed by atoms with Crippen LogP contribution >= 0.6 is 11.8 Å². The van der Waals surface area contributed by atoms with Gasteiger partial charge in [0.15, 0.2) is 0 Å². The monoisotopic (exact) mass is 204 g/mol. The second-order valence-corrected chi connectivity index (χ2v) is 2.74. The molecule has 0 bridgehead atoms. The van der Waals surface area contributed by atoms with Gasteiger partial charge in [-0.05, 0) is 18.8 Å². The van der Waals surface area contributed by atoms with E-state index >= 15 is 0 Å². The maximum Gasteiger partial charge on any atom is 1.00 e. The van der Waals surface area contributed by atoms with E-state index in [1.54, 1.807) is 12.2 Å². The van der Waals surface area contributed by atoms with Crippen molar-refractivity contribution in [2.24, 2.45) is 0 Å². The van der Waals surface area contributed by atoms with Crippen molar-refractivity contribution in [2.45, 2.75) is 0 Å². The SMILES string of the molecule is CON1CN(C)CN(NCl)C1.[H-].[Na+]. The van der Waals surface area contributed by atoms with Crippen molar-refractivity contribution >= 4 is 11.8 Å². The van der Waals surface area contributed by atoms with E-state index in [1.165, 1.54) is 0 Å². The molecular formula is C5H14ClN4NaO. The van der Waals surface area contributed by atoms with Crippen LogP contribution in [0.2, 0.25) is 0 Å². The molecule has 0 aliphatic carbocycles. The molecule has 0 spiro atoms. The minimum Gasteiger partial charge on any atom is -1.00 e. The maximum absolute atomic E-state index is 5.43. The van der Waals surface area contributed by atoms with Crippen LogP contribution < -0.4 is 34.5 Å². The van der Waals surface area contributed by atoms with Gasteiger partial charge in [0.05, 0.1) is 27.1 Å². The minimum absolute atomic E-state index is 0. The Morgan fingerprint density at radius 2 is 2.08 bits per heavy atom. The van der Waals surface area contributed by atoms with Crippen LogP contribution in [0, 0.1) is 0 Å². The zero-order valence-corrected chi connectivity index (χ0v) is 10.5. The van der Waals surface area contributed by atoms with Gasteiger partial charge in [-0.25, -0.2) is 0 Å². The number of nitrogens with one attached hydrogen (secondary N) is 1. The second-order valence-electron chi connectivity index (χ2n) is 2.57. The molecule has 0 saturated carbocycles. The maximum atomic E-state index is 5.43. The Morgan fingerprint density at radius 3 is 2.58 bits per heavy atom. The average Bonchev–Trinajstić information content (AvgIpc) is 2.03. The summed E-state index contributed by atoms with van der Waals surface area (Å²) in [5.74, 6) is 0. The number of hydrogen-bond acceptors (Lipinski definition) is 5. The van der Waals surface area contributed by atoms with Gasteiger partial charge in [0.1, 0.15) is 0 Å². The first-order valence-electron chi connectivity index (χ1n) is 3.35. The predicted octanol–water partition coefficient (Wildman–Crippen LogP) is -3.26. The van der Waals surface area contributed by atoms with Gasteiger partial charge in [-0.2, -0.15) is 15.0 Å². The second kappa shape index (κ2) is 6.53. The fourth-order valence-corrected chi connectivity index (χ4v) is 1.16. The molecule has 1 N–H and O–H groups in total. The normalized spacial score (nSPS) is 22.2. The van der Waals surface area contributed by atoms with Gasteiger partial charge >= 0.3 is 29.6 Å². The first kappa shape index (κ1) is 13.1. The van der Waals surface area contributed by atoms with E-state index in [1.807, 2.05) is 12.1 Å². The molecule has 1 fully saturated rings. The fourth-order valence-electron chi connectivity index (χ4n) is 1.05. The van der Waals surface area contributed by atoms with Crippen molar-refractivity contribution in [3.05, 3.63) is 0 Å². The standard InChI is InChI=1S/C5H13ClN4O.Na.H/c1-8-3-9(7-6)5-10(4-8)11-2;;/h7H,3-5H2,1-2H3;;/q;+1;-1. The van der Waals surface area contributed by atoms with Gasteiger partial charge in [0.2, 0.25) is 0 Å². The summed E-state index contributed by atoms with van der Waals surface area (Å²) in [6, 6.07) is 0. The number of hydrazine groups is 1. The van der Waals surface area contributed by atoms with E-state index in [0.717, 1.165) is 13.3 Å². The molecule has 12 heavy (non-hydrogen) atoms. The van der Waals surface area contributed by atoms with Crippen molar-refractivity contribution in [2.75, 3.05) is 34.2 Å². The number of hydroxylamine groups is 2. The average molecular weight is 205 g/mol. The third-order valence-corrected chi connectivity index (χ3v) is 1.76. The van der Waals surface area contributed by atoms with Gasteiger partial charge in [0.25, 0.3) is 0 Å². The molecule has 1 rings (SSSR count). The molecular weight excluding hydrogens is 191 g/mol. The van der Waals surface area contributed by atoms with Gasteiger partial charge in [-0.1, -0.05) is 0 Å². The Bertz CT molecular complexity index is 123. The van der Waals surface area contributed by atoms with Crippen LogP contribution in [0.1, 0.15) is 1.43 Å². The first-order valence-corrected chi connectivity index (χ1v) is 3.73. The zero-order chi connectivity index (χ0) is 8.27. The third-order valence-electron chi connectivity index (χ3n) is 1.52. The van der Waals surface area contributed by atoms with Crippen molar-refractivity contribution in [3.8, 4) is 0 Å². The van der Waals surface area contributed by atoms with Crippen molar-refractivity contribution < 1.29 is 35.8 Å². The van der Waals surface area contributed by atoms with Gasteiger partial charge in [-0.3, -0.25) is 9.74 Å². The van der Waals surface area contributed by atoms with Crippen LogP contribution in [-0.4, -0.2) is 49.1 Å². The third kappa shape index (κ3) is 3.87. The van der Waals surface area contributed by atoms with Crippen LogP contribution in [0.15, 0.2) is 0 Å². The summed E-state index contributed by atoms with van der Waals surface area (Å²) in [6.45, 7) is 2.26. The molecule has 1 heterocycles. The molecule has 68 valence electrons. The Hall–Kier alpha value is 1.09. The molecule has 0 unspecified atom stereocenters. The molecule has 0 amide bonds. The van der Waals surface area contributed by atoms with Gasteiger partial charge < -0.3 is 1.43 Å². The van der Waals surface area contributed by atoms with E-state index in [2.05, 4.69) is 9.84 Å². The van der Waals surface area contributed by atoms with Crippen LogP contribution in [-0.2, 0) is 4.84 Å². The number of hydrogen-bond donors (Lipinski definition) is 1. The summed E-state index contributed by atoms with van der Waals surface area (Å²) in [5, 5.41) is 3.62. The molecule has 1 aliphatic heterocycles. The molecule has 0 radical (unpaired) electrons. The Balaban J connectivity index is 0. The number of rotatable bonds is 2. The molecule has 1 saturated heterocycles. The zero-order valence-electron chi connectivity index (χ0n) is 8.75. The van der Waals surface area contributed by atoms with E-state index in [0.29, 0.717) is 6.67 Å². The summed E-state index contributed by atoms with van der Waals surface area (Å²) in [4.78, 5) is 9.66.